The van der Waals surface area contributed by atoms with Gasteiger partial charge < -0.3 is 10.2 Å². The second kappa shape index (κ2) is 9.15. The molecule has 1 aliphatic heterocycles. The number of benzene rings is 1. The fourth-order valence-corrected chi connectivity index (χ4v) is 3.98. The van der Waals surface area contributed by atoms with Crippen LogP contribution in [0.15, 0.2) is 35.0 Å². The molecular formula is C21H27N3O2S. The third-order valence-corrected chi connectivity index (χ3v) is 5.91. The molecule has 0 bridgehead atoms. The number of carbonyl (C=O) groups excluding carboxylic acids is 2. The molecule has 0 aliphatic carbocycles. The Morgan fingerprint density at radius 3 is 2.59 bits per heavy atom. The summed E-state index contributed by atoms with van der Waals surface area (Å²) in [5.41, 5.74) is 4.38. The maximum atomic E-state index is 12.4. The first-order valence-electron chi connectivity index (χ1n) is 9.40. The number of hydrogen-bond donors (Lipinski definition) is 1. The highest BCUT2D eigenvalue weighted by Gasteiger charge is 2.22. The normalized spacial score (nSPS) is 15.0. The van der Waals surface area contributed by atoms with E-state index in [0.29, 0.717) is 26.1 Å². The summed E-state index contributed by atoms with van der Waals surface area (Å²) in [7, 11) is 0. The molecule has 1 saturated heterocycles. The van der Waals surface area contributed by atoms with Gasteiger partial charge in [0.25, 0.3) is 0 Å². The second-order valence-corrected chi connectivity index (χ2v) is 7.86. The van der Waals surface area contributed by atoms with Crippen LogP contribution in [0.3, 0.4) is 0 Å². The molecule has 1 aliphatic rings. The van der Waals surface area contributed by atoms with Gasteiger partial charge in [-0.3, -0.25) is 14.5 Å². The molecule has 144 valence electrons. The fourth-order valence-electron chi connectivity index (χ4n) is 3.28. The predicted molar refractivity (Wildman–Crippen MR) is 110 cm³/mol. The van der Waals surface area contributed by atoms with Gasteiger partial charge in [0.15, 0.2) is 0 Å². The molecule has 0 spiro atoms. The highest BCUT2D eigenvalue weighted by atomic mass is 32.1. The SMILES string of the molecule is Cc1cccc(NC(=O)CN2CCN(C(=O)CCc3ccsc3)CC2)c1C. The number of piperazine rings is 1. The minimum absolute atomic E-state index is 0.000865. The van der Waals surface area contributed by atoms with Gasteiger partial charge >= 0.3 is 0 Å². The fraction of sp³-hybridized carbons (Fsp3) is 0.429. The Morgan fingerprint density at radius 2 is 1.89 bits per heavy atom. The maximum Gasteiger partial charge on any atom is 0.238 e. The van der Waals surface area contributed by atoms with Gasteiger partial charge in [-0.1, -0.05) is 12.1 Å². The van der Waals surface area contributed by atoms with Crippen molar-refractivity contribution in [3.05, 3.63) is 51.7 Å². The number of nitrogens with one attached hydrogen (secondary N) is 1. The van der Waals surface area contributed by atoms with Crippen molar-refractivity contribution < 1.29 is 9.59 Å². The van der Waals surface area contributed by atoms with Gasteiger partial charge in [0.2, 0.25) is 11.8 Å². The Labute approximate surface area is 165 Å². The number of aryl methyl sites for hydroxylation is 2. The lowest BCUT2D eigenvalue weighted by atomic mass is 10.1. The first kappa shape index (κ1) is 19.6. The summed E-state index contributed by atoms with van der Waals surface area (Å²) in [6, 6.07) is 8.01. The van der Waals surface area contributed by atoms with E-state index >= 15 is 0 Å². The molecule has 0 radical (unpaired) electrons. The van der Waals surface area contributed by atoms with Crippen molar-refractivity contribution in [2.45, 2.75) is 26.7 Å². The van der Waals surface area contributed by atoms with E-state index < -0.39 is 0 Å². The largest absolute Gasteiger partial charge is 0.340 e. The van der Waals surface area contributed by atoms with E-state index in [0.717, 1.165) is 30.8 Å². The molecule has 2 heterocycles. The van der Waals surface area contributed by atoms with E-state index in [4.69, 9.17) is 0 Å². The van der Waals surface area contributed by atoms with Crippen molar-refractivity contribution in [3.8, 4) is 0 Å². The van der Waals surface area contributed by atoms with E-state index in [1.165, 1.54) is 11.1 Å². The molecule has 0 saturated carbocycles. The molecule has 1 aromatic carbocycles. The monoisotopic (exact) mass is 385 g/mol. The van der Waals surface area contributed by atoms with Crippen LogP contribution in [0.5, 0.6) is 0 Å². The molecule has 0 atom stereocenters. The molecule has 1 aromatic heterocycles. The lowest BCUT2D eigenvalue weighted by molar-refractivity contribution is -0.133. The van der Waals surface area contributed by atoms with Crippen molar-refractivity contribution in [1.82, 2.24) is 9.80 Å². The van der Waals surface area contributed by atoms with Gasteiger partial charge in [-0.05, 0) is 59.9 Å². The van der Waals surface area contributed by atoms with Crippen LogP contribution in [0.4, 0.5) is 5.69 Å². The number of hydrogen-bond acceptors (Lipinski definition) is 4. The Bertz CT molecular complexity index is 781. The van der Waals surface area contributed by atoms with Gasteiger partial charge in [0, 0.05) is 38.3 Å². The summed E-state index contributed by atoms with van der Waals surface area (Å²) < 4.78 is 0. The Hall–Kier alpha value is -2.18. The number of thiophene rings is 1. The average molecular weight is 386 g/mol. The molecule has 3 rings (SSSR count). The number of rotatable bonds is 6. The smallest absolute Gasteiger partial charge is 0.238 e. The topological polar surface area (TPSA) is 52.7 Å². The Balaban J connectivity index is 1.41. The summed E-state index contributed by atoms with van der Waals surface area (Å²) in [6.45, 7) is 7.29. The summed E-state index contributed by atoms with van der Waals surface area (Å²) in [5.74, 6) is 0.210. The quantitative estimate of drug-likeness (QED) is 0.831. The molecule has 2 amide bonds. The third kappa shape index (κ3) is 5.40. The van der Waals surface area contributed by atoms with Crippen LogP contribution in [0, 0.1) is 13.8 Å². The van der Waals surface area contributed by atoms with Crippen LogP contribution in [0.2, 0.25) is 0 Å². The number of nitrogens with zero attached hydrogens (tertiary/aromatic N) is 2. The third-order valence-electron chi connectivity index (χ3n) is 5.18. The zero-order valence-corrected chi connectivity index (χ0v) is 16.8. The van der Waals surface area contributed by atoms with E-state index in [1.54, 1.807) is 11.3 Å². The van der Waals surface area contributed by atoms with Crippen LogP contribution in [-0.2, 0) is 16.0 Å². The minimum atomic E-state index is 0.000865. The number of anilines is 1. The zero-order chi connectivity index (χ0) is 19.2. The van der Waals surface area contributed by atoms with Gasteiger partial charge in [-0.15, -0.1) is 0 Å². The molecule has 27 heavy (non-hydrogen) atoms. The lowest BCUT2D eigenvalue weighted by Gasteiger charge is -2.34. The maximum absolute atomic E-state index is 12.4. The van der Waals surface area contributed by atoms with E-state index in [-0.39, 0.29) is 11.8 Å². The Morgan fingerprint density at radius 1 is 1.11 bits per heavy atom. The first-order chi connectivity index (χ1) is 13.0. The van der Waals surface area contributed by atoms with Crippen molar-refractivity contribution >= 4 is 28.8 Å². The number of carbonyl (C=O) groups is 2. The number of amides is 2. The molecule has 2 aromatic rings. The summed E-state index contributed by atoms with van der Waals surface area (Å²) in [5, 5.41) is 7.15. The van der Waals surface area contributed by atoms with E-state index in [1.807, 2.05) is 42.3 Å². The molecule has 1 N–H and O–H groups in total. The van der Waals surface area contributed by atoms with E-state index in [9.17, 15) is 9.59 Å². The van der Waals surface area contributed by atoms with Crippen molar-refractivity contribution in [3.63, 3.8) is 0 Å². The summed E-state index contributed by atoms with van der Waals surface area (Å²) in [6.07, 6.45) is 1.37. The summed E-state index contributed by atoms with van der Waals surface area (Å²) >= 11 is 1.67. The van der Waals surface area contributed by atoms with Crippen LogP contribution < -0.4 is 5.32 Å². The van der Waals surface area contributed by atoms with Gasteiger partial charge in [0.1, 0.15) is 0 Å². The average Bonchev–Trinajstić information content (AvgIpc) is 3.18. The molecule has 0 unspecified atom stereocenters. The highest BCUT2D eigenvalue weighted by Crippen LogP contribution is 2.18. The zero-order valence-electron chi connectivity index (χ0n) is 16.0. The van der Waals surface area contributed by atoms with Crippen molar-refractivity contribution in [2.24, 2.45) is 0 Å². The Kier molecular flexibility index (Phi) is 6.63. The highest BCUT2D eigenvalue weighted by molar-refractivity contribution is 7.07. The van der Waals surface area contributed by atoms with Crippen molar-refractivity contribution in [1.29, 1.82) is 0 Å². The minimum Gasteiger partial charge on any atom is -0.340 e. The van der Waals surface area contributed by atoms with Crippen LogP contribution >= 0.6 is 11.3 Å². The molecule has 5 nitrogen and oxygen atoms in total. The van der Waals surface area contributed by atoms with Crippen LogP contribution in [-0.4, -0.2) is 54.3 Å². The van der Waals surface area contributed by atoms with Gasteiger partial charge in [-0.25, -0.2) is 0 Å². The second-order valence-electron chi connectivity index (χ2n) is 7.08. The standard InChI is InChI=1S/C21H27N3O2S/c1-16-4-3-5-19(17(16)2)22-20(25)14-23-9-11-24(12-10-23)21(26)7-6-18-8-13-27-15-18/h3-5,8,13,15H,6-7,9-12,14H2,1-2H3,(H,22,25). The van der Waals surface area contributed by atoms with Gasteiger partial charge in [-0.2, -0.15) is 11.3 Å². The van der Waals surface area contributed by atoms with Crippen molar-refractivity contribution in [2.75, 3.05) is 38.0 Å². The molecular weight excluding hydrogens is 358 g/mol. The lowest BCUT2D eigenvalue weighted by Crippen LogP contribution is -2.50. The predicted octanol–water partition coefficient (Wildman–Crippen LogP) is 3.08. The van der Waals surface area contributed by atoms with E-state index in [2.05, 4.69) is 21.7 Å². The van der Waals surface area contributed by atoms with Crippen LogP contribution in [0.1, 0.15) is 23.1 Å². The first-order valence-corrected chi connectivity index (χ1v) is 10.3. The van der Waals surface area contributed by atoms with Crippen LogP contribution in [0.25, 0.3) is 0 Å². The summed E-state index contributed by atoms with van der Waals surface area (Å²) in [4.78, 5) is 28.8. The molecule has 6 heteroatoms. The molecule has 1 fully saturated rings. The van der Waals surface area contributed by atoms with Gasteiger partial charge in [0.05, 0.1) is 6.54 Å².